The molecule has 1 aromatic rings. The van der Waals surface area contributed by atoms with Gasteiger partial charge in [0.15, 0.2) is 0 Å². The van der Waals surface area contributed by atoms with Gasteiger partial charge in [0.25, 0.3) is 5.69 Å². The van der Waals surface area contributed by atoms with Crippen LogP contribution in [0.5, 0.6) is 5.75 Å². The van der Waals surface area contributed by atoms with Crippen molar-refractivity contribution in [2.24, 2.45) is 0 Å². The minimum absolute atomic E-state index is 0.0793. The third kappa shape index (κ3) is 3.54. The van der Waals surface area contributed by atoms with Gasteiger partial charge in [0, 0.05) is 17.7 Å². The quantitative estimate of drug-likeness (QED) is 0.616. The molecule has 0 aromatic heterocycles. The fraction of sp³-hybridized carbons (Fsp3) is 0.538. The molecule has 0 spiro atoms. The molecule has 8 nitrogen and oxygen atoms in total. The number of piperidine rings is 1. The highest BCUT2D eigenvalue weighted by Gasteiger charge is 2.34. The van der Waals surface area contributed by atoms with Gasteiger partial charge in [-0.25, -0.2) is 13.1 Å². The van der Waals surface area contributed by atoms with Crippen LogP contribution in [0.15, 0.2) is 23.1 Å². The topological polar surface area (TPSA) is 111 Å². The Morgan fingerprint density at radius 2 is 2.00 bits per heavy atom. The number of ether oxygens (including phenoxy) is 1. The average molecular weight is 329 g/mol. The van der Waals surface area contributed by atoms with Gasteiger partial charge in [0.05, 0.1) is 12.0 Å². The summed E-state index contributed by atoms with van der Waals surface area (Å²) in [7, 11) is -2.60. The molecular formula is C13H19N3O5S. The van der Waals surface area contributed by atoms with Crippen LogP contribution in [0.3, 0.4) is 0 Å². The molecule has 1 heterocycles. The molecule has 0 unspecified atom stereocenters. The van der Waals surface area contributed by atoms with Gasteiger partial charge in [-0.2, -0.15) is 0 Å². The lowest BCUT2D eigenvalue weighted by atomic mass is 9.92. The van der Waals surface area contributed by atoms with Gasteiger partial charge in [-0.1, -0.05) is 0 Å². The zero-order chi connectivity index (χ0) is 16.4. The van der Waals surface area contributed by atoms with Crippen molar-refractivity contribution in [3.63, 3.8) is 0 Å². The largest absolute Gasteiger partial charge is 0.495 e. The van der Waals surface area contributed by atoms with E-state index in [1.54, 1.807) is 0 Å². The summed E-state index contributed by atoms with van der Waals surface area (Å²) in [5.74, 6) is 0.0793. The van der Waals surface area contributed by atoms with E-state index in [9.17, 15) is 18.5 Å². The summed E-state index contributed by atoms with van der Waals surface area (Å²) in [4.78, 5) is 10.0. The first-order valence-electron chi connectivity index (χ1n) is 6.84. The van der Waals surface area contributed by atoms with E-state index in [2.05, 4.69) is 10.0 Å². The van der Waals surface area contributed by atoms with Crippen LogP contribution in [-0.2, 0) is 10.0 Å². The molecule has 0 amide bonds. The van der Waals surface area contributed by atoms with Gasteiger partial charge in [0.1, 0.15) is 10.6 Å². The van der Waals surface area contributed by atoms with Gasteiger partial charge in [-0.3, -0.25) is 10.1 Å². The van der Waals surface area contributed by atoms with Crippen LogP contribution < -0.4 is 14.8 Å². The molecular weight excluding hydrogens is 310 g/mol. The smallest absolute Gasteiger partial charge is 0.271 e. The predicted octanol–water partition coefficient (Wildman–Crippen LogP) is 1.02. The number of non-ortho nitro benzene ring substituents is 1. The molecule has 2 rings (SSSR count). The molecule has 22 heavy (non-hydrogen) atoms. The van der Waals surface area contributed by atoms with E-state index in [1.807, 2.05) is 6.92 Å². The number of methoxy groups -OCH3 is 1. The van der Waals surface area contributed by atoms with Crippen LogP contribution in [0.4, 0.5) is 5.69 Å². The Balaban J connectivity index is 2.39. The van der Waals surface area contributed by atoms with E-state index >= 15 is 0 Å². The van der Waals surface area contributed by atoms with E-state index in [0.717, 1.165) is 6.07 Å². The monoisotopic (exact) mass is 329 g/mol. The second-order valence-corrected chi connectivity index (χ2v) is 7.16. The van der Waals surface area contributed by atoms with Crippen molar-refractivity contribution in [3.8, 4) is 5.75 Å². The first kappa shape index (κ1) is 16.7. The molecule has 1 saturated heterocycles. The maximum Gasteiger partial charge on any atom is 0.271 e. The zero-order valence-corrected chi connectivity index (χ0v) is 13.3. The Bertz CT molecular complexity index is 668. The molecule has 1 aliphatic rings. The predicted molar refractivity (Wildman–Crippen MR) is 80.5 cm³/mol. The lowest BCUT2D eigenvalue weighted by molar-refractivity contribution is -0.385. The van der Waals surface area contributed by atoms with Crippen LogP contribution in [0, 0.1) is 10.1 Å². The summed E-state index contributed by atoms with van der Waals surface area (Å²) < 4.78 is 32.9. The summed E-state index contributed by atoms with van der Waals surface area (Å²) in [5.41, 5.74) is -0.878. The lowest BCUT2D eigenvalue weighted by Crippen LogP contribution is -2.52. The fourth-order valence-electron chi connectivity index (χ4n) is 2.45. The van der Waals surface area contributed by atoms with Gasteiger partial charge in [-0.05, 0) is 38.9 Å². The molecule has 1 aromatic carbocycles. The molecule has 122 valence electrons. The first-order chi connectivity index (χ1) is 10.3. The molecule has 0 saturated carbocycles. The van der Waals surface area contributed by atoms with E-state index in [1.165, 1.54) is 19.2 Å². The van der Waals surface area contributed by atoms with Gasteiger partial charge in [-0.15, -0.1) is 0 Å². The Hall–Kier alpha value is -1.71. The van der Waals surface area contributed by atoms with Gasteiger partial charge in [0.2, 0.25) is 10.0 Å². The van der Waals surface area contributed by atoms with Crippen molar-refractivity contribution < 1.29 is 18.1 Å². The Morgan fingerprint density at radius 1 is 1.36 bits per heavy atom. The van der Waals surface area contributed by atoms with Crippen LogP contribution >= 0.6 is 0 Å². The highest BCUT2D eigenvalue weighted by Crippen LogP contribution is 2.30. The molecule has 1 aliphatic heterocycles. The second-order valence-electron chi connectivity index (χ2n) is 5.51. The van der Waals surface area contributed by atoms with Crippen LogP contribution in [-0.4, -0.2) is 39.1 Å². The van der Waals surface area contributed by atoms with Crippen LogP contribution in [0.1, 0.15) is 19.8 Å². The van der Waals surface area contributed by atoms with Crippen molar-refractivity contribution in [2.75, 3.05) is 20.2 Å². The third-order valence-corrected chi connectivity index (χ3v) is 5.40. The first-order valence-corrected chi connectivity index (χ1v) is 8.33. The summed E-state index contributed by atoms with van der Waals surface area (Å²) in [6, 6.07) is 3.52. The minimum atomic E-state index is -3.92. The Labute approximate surface area is 129 Å². The van der Waals surface area contributed by atoms with Crippen molar-refractivity contribution in [1.29, 1.82) is 0 Å². The number of nitrogens with zero attached hydrogens (tertiary/aromatic N) is 1. The summed E-state index contributed by atoms with van der Waals surface area (Å²) in [6.45, 7) is 3.26. The van der Waals surface area contributed by atoms with Crippen molar-refractivity contribution in [3.05, 3.63) is 28.3 Å². The number of nitro groups is 1. The number of nitro benzene ring substituents is 1. The number of sulfonamides is 1. The Morgan fingerprint density at radius 3 is 2.55 bits per heavy atom. The van der Waals surface area contributed by atoms with Crippen molar-refractivity contribution in [2.45, 2.75) is 30.2 Å². The van der Waals surface area contributed by atoms with Gasteiger partial charge >= 0.3 is 0 Å². The number of benzene rings is 1. The SMILES string of the molecule is COc1ccc([N+](=O)[O-])cc1S(=O)(=O)NC1(C)CCNCC1. The molecule has 0 aliphatic carbocycles. The highest BCUT2D eigenvalue weighted by atomic mass is 32.2. The standard InChI is InChI=1S/C13H19N3O5S/c1-13(5-7-14-8-6-13)15-22(19,20)12-9-10(16(17)18)3-4-11(12)21-2/h3-4,9,14-15H,5-8H2,1-2H3. The van der Waals surface area contributed by atoms with E-state index in [0.29, 0.717) is 25.9 Å². The van der Waals surface area contributed by atoms with E-state index in [-0.39, 0.29) is 16.3 Å². The number of hydrogen-bond donors (Lipinski definition) is 2. The average Bonchev–Trinajstić information content (AvgIpc) is 2.46. The van der Waals surface area contributed by atoms with Crippen LogP contribution in [0.25, 0.3) is 0 Å². The Kier molecular flexibility index (Phi) is 4.69. The van der Waals surface area contributed by atoms with E-state index in [4.69, 9.17) is 4.74 Å². The maximum absolute atomic E-state index is 12.6. The third-order valence-electron chi connectivity index (χ3n) is 3.74. The lowest BCUT2D eigenvalue weighted by Gasteiger charge is -2.34. The van der Waals surface area contributed by atoms with Gasteiger partial charge < -0.3 is 10.1 Å². The minimum Gasteiger partial charge on any atom is -0.495 e. The molecule has 0 atom stereocenters. The number of nitrogens with one attached hydrogen (secondary N) is 2. The molecule has 1 fully saturated rings. The highest BCUT2D eigenvalue weighted by molar-refractivity contribution is 7.89. The number of hydrogen-bond acceptors (Lipinski definition) is 6. The van der Waals surface area contributed by atoms with Crippen molar-refractivity contribution in [1.82, 2.24) is 10.0 Å². The zero-order valence-electron chi connectivity index (χ0n) is 12.5. The van der Waals surface area contributed by atoms with Crippen LogP contribution in [0.2, 0.25) is 0 Å². The fourth-order valence-corrected chi connectivity index (χ4v) is 4.10. The maximum atomic E-state index is 12.6. The second kappa shape index (κ2) is 6.19. The normalized spacial score (nSPS) is 17.9. The molecule has 0 bridgehead atoms. The van der Waals surface area contributed by atoms with E-state index < -0.39 is 20.5 Å². The molecule has 9 heteroatoms. The summed E-state index contributed by atoms with van der Waals surface area (Å²) >= 11 is 0. The summed E-state index contributed by atoms with van der Waals surface area (Å²) in [5, 5.41) is 14.0. The molecule has 2 N–H and O–H groups in total. The molecule has 0 radical (unpaired) electrons. The van der Waals surface area contributed by atoms with Crippen molar-refractivity contribution >= 4 is 15.7 Å². The number of rotatable bonds is 5. The summed E-state index contributed by atoms with van der Waals surface area (Å²) in [6.07, 6.45) is 1.28.